The average Bonchev–Trinajstić information content (AvgIpc) is 3.07. The number of rotatable bonds is 4. The van der Waals surface area contributed by atoms with Crippen molar-refractivity contribution >= 4 is 0 Å². The zero-order chi connectivity index (χ0) is 14.9. The number of hydrogen-bond acceptors (Lipinski definition) is 2. The molecule has 1 fully saturated rings. The average molecular weight is 287 g/mol. The van der Waals surface area contributed by atoms with Gasteiger partial charge in [-0.2, -0.15) is 0 Å². The molecule has 0 amide bonds. The van der Waals surface area contributed by atoms with E-state index >= 15 is 0 Å². The van der Waals surface area contributed by atoms with Crippen molar-refractivity contribution in [1.29, 1.82) is 0 Å². The van der Waals surface area contributed by atoms with Crippen LogP contribution in [0.15, 0.2) is 30.7 Å². The summed E-state index contributed by atoms with van der Waals surface area (Å²) in [7, 11) is 0. The van der Waals surface area contributed by atoms with Crippen LogP contribution in [0.5, 0.6) is 0 Å². The highest BCUT2D eigenvalue weighted by Crippen LogP contribution is 2.30. The summed E-state index contributed by atoms with van der Waals surface area (Å²) in [6, 6.07) is 5.03. The maximum atomic E-state index is 13.2. The molecule has 0 saturated carbocycles. The first-order chi connectivity index (χ1) is 10.1. The van der Waals surface area contributed by atoms with Crippen LogP contribution < -0.4 is 5.32 Å². The molecule has 3 nitrogen and oxygen atoms in total. The van der Waals surface area contributed by atoms with Crippen LogP contribution in [0.25, 0.3) is 0 Å². The van der Waals surface area contributed by atoms with Crippen LogP contribution in [0.2, 0.25) is 0 Å². The SMILES string of the molecule is Cc1cc(F)ccc1CCn1cncc1C1(C)CCNC1. The summed E-state index contributed by atoms with van der Waals surface area (Å²) in [4.78, 5) is 4.34. The molecule has 2 heterocycles. The minimum absolute atomic E-state index is 0.163. The van der Waals surface area contributed by atoms with Gasteiger partial charge in [0.25, 0.3) is 0 Å². The Hall–Kier alpha value is -1.68. The Labute approximate surface area is 125 Å². The minimum Gasteiger partial charge on any atom is -0.334 e. The van der Waals surface area contributed by atoms with Gasteiger partial charge >= 0.3 is 0 Å². The lowest BCUT2D eigenvalue weighted by atomic mass is 9.86. The van der Waals surface area contributed by atoms with Crippen molar-refractivity contribution in [2.75, 3.05) is 13.1 Å². The molecule has 1 unspecified atom stereocenters. The molecule has 112 valence electrons. The highest BCUT2D eigenvalue weighted by atomic mass is 19.1. The number of hydrogen-bond donors (Lipinski definition) is 1. The number of halogens is 1. The first-order valence-electron chi connectivity index (χ1n) is 7.55. The topological polar surface area (TPSA) is 29.9 Å². The van der Waals surface area contributed by atoms with E-state index in [1.54, 1.807) is 12.1 Å². The Morgan fingerprint density at radius 2 is 2.29 bits per heavy atom. The fourth-order valence-corrected chi connectivity index (χ4v) is 3.22. The predicted molar refractivity (Wildman–Crippen MR) is 81.9 cm³/mol. The predicted octanol–water partition coefficient (Wildman–Crippen LogP) is 2.82. The van der Waals surface area contributed by atoms with E-state index in [1.807, 2.05) is 25.5 Å². The zero-order valence-corrected chi connectivity index (χ0v) is 12.7. The normalized spacial score (nSPS) is 21.9. The van der Waals surface area contributed by atoms with E-state index in [-0.39, 0.29) is 11.2 Å². The molecule has 0 bridgehead atoms. The van der Waals surface area contributed by atoms with Crippen molar-refractivity contribution in [2.45, 2.75) is 38.6 Å². The van der Waals surface area contributed by atoms with Gasteiger partial charge in [0.05, 0.1) is 6.33 Å². The van der Waals surface area contributed by atoms with E-state index in [4.69, 9.17) is 0 Å². The molecular weight excluding hydrogens is 265 g/mol. The third kappa shape index (κ3) is 2.86. The van der Waals surface area contributed by atoms with Crippen molar-refractivity contribution in [1.82, 2.24) is 14.9 Å². The van der Waals surface area contributed by atoms with E-state index in [0.29, 0.717) is 0 Å². The van der Waals surface area contributed by atoms with Gasteiger partial charge in [-0.05, 0) is 49.6 Å². The number of aromatic nitrogens is 2. The molecule has 4 heteroatoms. The lowest BCUT2D eigenvalue weighted by Crippen LogP contribution is -2.28. The standard InChI is InChI=1S/C17H22FN3/c1-13-9-15(18)4-3-14(13)5-8-21-12-20-10-16(21)17(2)6-7-19-11-17/h3-4,9-10,12,19H,5-8,11H2,1-2H3. The Morgan fingerprint density at radius 3 is 3.00 bits per heavy atom. The molecular formula is C17H22FN3. The van der Waals surface area contributed by atoms with Crippen molar-refractivity contribution in [3.8, 4) is 0 Å². The largest absolute Gasteiger partial charge is 0.334 e. The number of imidazole rings is 1. The van der Waals surface area contributed by atoms with Gasteiger partial charge in [0.1, 0.15) is 5.82 Å². The van der Waals surface area contributed by atoms with Gasteiger partial charge in [-0.15, -0.1) is 0 Å². The van der Waals surface area contributed by atoms with Crippen LogP contribution in [0.3, 0.4) is 0 Å². The summed E-state index contributed by atoms with van der Waals surface area (Å²) in [6.45, 7) is 7.23. The van der Waals surface area contributed by atoms with Crippen molar-refractivity contribution < 1.29 is 4.39 Å². The van der Waals surface area contributed by atoms with E-state index in [2.05, 4.69) is 21.8 Å². The van der Waals surface area contributed by atoms with Gasteiger partial charge in [-0.1, -0.05) is 13.0 Å². The molecule has 1 saturated heterocycles. The second kappa shape index (κ2) is 5.60. The number of nitrogens with one attached hydrogen (secondary N) is 1. The molecule has 0 spiro atoms. The third-order valence-corrected chi connectivity index (χ3v) is 4.63. The van der Waals surface area contributed by atoms with E-state index in [9.17, 15) is 4.39 Å². The second-order valence-corrected chi connectivity index (χ2v) is 6.28. The minimum atomic E-state index is -0.163. The van der Waals surface area contributed by atoms with Gasteiger partial charge in [-0.25, -0.2) is 9.37 Å². The van der Waals surface area contributed by atoms with E-state index in [0.717, 1.165) is 38.0 Å². The number of benzene rings is 1. The van der Waals surface area contributed by atoms with Crippen LogP contribution in [0, 0.1) is 12.7 Å². The Balaban J connectivity index is 1.76. The molecule has 1 N–H and O–H groups in total. The maximum absolute atomic E-state index is 13.2. The molecule has 0 aliphatic carbocycles. The van der Waals surface area contributed by atoms with Gasteiger partial charge < -0.3 is 9.88 Å². The first-order valence-corrected chi connectivity index (χ1v) is 7.55. The van der Waals surface area contributed by atoms with Gasteiger partial charge in [0, 0.05) is 30.4 Å². The second-order valence-electron chi connectivity index (χ2n) is 6.28. The highest BCUT2D eigenvalue weighted by Gasteiger charge is 2.33. The highest BCUT2D eigenvalue weighted by molar-refractivity contribution is 5.27. The van der Waals surface area contributed by atoms with Gasteiger partial charge in [-0.3, -0.25) is 0 Å². The third-order valence-electron chi connectivity index (χ3n) is 4.63. The quantitative estimate of drug-likeness (QED) is 0.937. The molecule has 2 aromatic rings. The summed E-state index contributed by atoms with van der Waals surface area (Å²) in [5, 5.41) is 3.43. The fraction of sp³-hybridized carbons (Fsp3) is 0.471. The summed E-state index contributed by atoms with van der Waals surface area (Å²) >= 11 is 0. The fourth-order valence-electron chi connectivity index (χ4n) is 3.22. The Morgan fingerprint density at radius 1 is 1.43 bits per heavy atom. The first kappa shape index (κ1) is 14.3. The molecule has 3 rings (SSSR count). The maximum Gasteiger partial charge on any atom is 0.123 e. The molecule has 0 radical (unpaired) electrons. The van der Waals surface area contributed by atoms with Crippen molar-refractivity contribution in [2.24, 2.45) is 0 Å². The van der Waals surface area contributed by atoms with Crippen LogP contribution in [-0.4, -0.2) is 22.6 Å². The number of aryl methyl sites for hydroxylation is 3. The van der Waals surface area contributed by atoms with E-state index < -0.39 is 0 Å². The molecule has 1 aromatic heterocycles. The van der Waals surface area contributed by atoms with Crippen LogP contribution in [-0.2, 0) is 18.4 Å². The zero-order valence-electron chi connectivity index (χ0n) is 12.7. The lowest BCUT2D eigenvalue weighted by Gasteiger charge is -2.24. The van der Waals surface area contributed by atoms with Gasteiger partial charge in [0.15, 0.2) is 0 Å². The van der Waals surface area contributed by atoms with Crippen LogP contribution in [0.1, 0.15) is 30.2 Å². The molecule has 1 aliphatic rings. The van der Waals surface area contributed by atoms with Crippen molar-refractivity contribution in [3.05, 3.63) is 53.4 Å². The summed E-state index contributed by atoms with van der Waals surface area (Å²) in [5.74, 6) is -0.163. The molecule has 1 atom stereocenters. The van der Waals surface area contributed by atoms with Gasteiger partial charge in [0.2, 0.25) is 0 Å². The smallest absolute Gasteiger partial charge is 0.123 e. The van der Waals surface area contributed by atoms with Crippen molar-refractivity contribution in [3.63, 3.8) is 0 Å². The summed E-state index contributed by atoms with van der Waals surface area (Å²) in [5.41, 5.74) is 3.69. The lowest BCUT2D eigenvalue weighted by molar-refractivity contribution is 0.472. The van der Waals surface area contributed by atoms with Crippen LogP contribution >= 0.6 is 0 Å². The molecule has 21 heavy (non-hydrogen) atoms. The monoisotopic (exact) mass is 287 g/mol. The molecule has 1 aromatic carbocycles. The summed E-state index contributed by atoms with van der Waals surface area (Å²) < 4.78 is 15.4. The Kier molecular flexibility index (Phi) is 3.81. The van der Waals surface area contributed by atoms with Crippen LogP contribution in [0.4, 0.5) is 4.39 Å². The Bertz CT molecular complexity index is 627. The summed E-state index contributed by atoms with van der Waals surface area (Å²) in [6.07, 6.45) is 5.95. The van der Waals surface area contributed by atoms with E-state index in [1.165, 1.54) is 11.3 Å². The number of nitrogens with zero attached hydrogens (tertiary/aromatic N) is 2. The molecule has 1 aliphatic heterocycles.